The Bertz CT molecular complexity index is 471. The van der Waals surface area contributed by atoms with Gasteiger partial charge in [-0.05, 0) is 12.0 Å². The molecule has 0 bridgehead atoms. The van der Waals surface area contributed by atoms with Crippen molar-refractivity contribution in [2.75, 3.05) is 7.11 Å². The molecule has 1 aliphatic heterocycles. The average molecular weight is 304 g/mol. The molecule has 1 heterocycles. The topological polar surface area (TPSA) is 44.8 Å². The van der Waals surface area contributed by atoms with Crippen molar-refractivity contribution in [3.63, 3.8) is 0 Å². The number of rotatable bonds is 7. The summed E-state index contributed by atoms with van der Waals surface area (Å²) in [4.78, 5) is 11.5. The van der Waals surface area contributed by atoms with Crippen molar-refractivity contribution < 1.29 is 19.0 Å². The predicted octanol–water partition coefficient (Wildman–Crippen LogP) is 3.26. The third-order valence-electron chi connectivity index (χ3n) is 3.82. The second-order valence-electron chi connectivity index (χ2n) is 5.57. The van der Waals surface area contributed by atoms with Crippen molar-refractivity contribution in [2.24, 2.45) is 0 Å². The lowest BCUT2D eigenvalue weighted by Gasteiger charge is -2.34. The molecule has 0 N–H and O–H groups in total. The molecule has 1 aromatic carbocycles. The zero-order valence-corrected chi connectivity index (χ0v) is 13.1. The van der Waals surface area contributed by atoms with Crippen LogP contribution in [0.5, 0.6) is 0 Å². The van der Waals surface area contributed by atoms with E-state index in [-0.39, 0.29) is 30.7 Å². The third-order valence-corrected chi connectivity index (χ3v) is 3.82. The molecule has 4 nitrogen and oxygen atoms in total. The van der Waals surface area contributed by atoms with Gasteiger partial charge in [-0.1, -0.05) is 36.4 Å². The van der Waals surface area contributed by atoms with Crippen molar-refractivity contribution in [2.45, 2.75) is 50.6 Å². The number of ether oxygens (including phenoxy) is 3. The van der Waals surface area contributed by atoms with Gasteiger partial charge in [0.2, 0.25) is 0 Å². The molecule has 2 rings (SSSR count). The lowest BCUT2D eigenvalue weighted by atomic mass is 9.97. The number of benzene rings is 1. The smallest absolute Gasteiger partial charge is 0.308 e. The van der Waals surface area contributed by atoms with E-state index in [1.807, 2.05) is 36.4 Å². The summed E-state index contributed by atoms with van der Waals surface area (Å²) in [6.45, 7) is 4.34. The van der Waals surface area contributed by atoms with Crippen LogP contribution in [-0.4, -0.2) is 31.4 Å². The maximum Gasteiger partial charge on any atom is 0.308 e. The Morgan fingerprint density at radius 2 is 2.05 bits per heavy atom. The van der Waals surface area contributed by atoms with Crippen LogP contribution in [-0.2, 0) is 25.6 Å². The standard InChI is InChI=1S/C18H24O4/c1-3-7-15-10-16(11-17(22-15)12-18(19)20-2)21-13-14-8-5-4-6-9-14/h3-6,8-9,15-17H,1,7,10-13H2,2H3/t15-,16+,17-/m1/s1. The monoisotopic (exact) mass is 304 g/mol. The largest absolute Gasteiger partial charge is 0.469 e. The molecule has 1 aromatic rings. The zero-order chi connectivity index (χ0) is 15.8. The minimum absolute atomic E-state index is 0.0571. The minimum Gasteiger partial charge on any atom is -0.469 e. The average Bonchev–Trinajstić information content (AvgIpc) is 2.54. The van der Waals surface area contributed by atoms with E-state index in [4.69, 9.17) is 14.2 Å². The fourth-order valence-corrected chi connectivity index (χ4v) is 2.73. The lowest BCUT2D eigenvalue weighted by molar-refractivity contribution is -0.153. The van der Waals surface area contributed by atoms with Gasteiger partial charge in [0.15, 0.2) is 0 Å². The van der Waals surface area contributed by atoms with E-state index >= 15 is 0 Å². The fraction of sp³-hybridized carbons (Fsp3) is 0.500. The van der Waals surface area contributed by atoms with Gasteiger partial charge in [0.25, 0.3) is 0 Å². The van der Waals surface area contributed by atoms with E-state index in [0.29, 0.717) is 6.61 Å². The van der Waals surface area contributed by atoms with E-state index in [9.17, 15) is 4.79 Å². The molecule has 0 radical (unpaired) electrons. The van der Waals surface area contributed by atoms with Gasteiger partial charge in [-0.25, -0.2) is 0 Å². The number of esters is 1. The minimum atomic E-state index is -0.244. The summed E-state index contributed by atoms with van der Waals surface area (Å²) >= 11 is 0. The highest BCUT2D eigenvalue weighted by molar-refractivity contribution is 5.69. The Balaban J connectivity index is 1.90. The molecule has 0 aliphatic carbocycles. The number of hydrogen-bond acceptors (Lipinski definition) is 4. The van der Waals surface area contributed by atoms with Crippen molar-refractivity contribution in [1.82, 2.24) is 0 Å². The second-order valence-corrected chi connectivity index (χ2v) is 5.57. The van der Waals surface area contributed by atoms with E-state index in [0.717, 1.165) is 24.8 Å². The molecule has 3 atom stereocenters. The predicted molar refractivity (Wildman–Crippen MR) is 84.4 cm³/mol. The second kappa shape index (κ2) is 8.71. The van der Waals surface area contributed by atoms with E-state index in [2.05, 4.69) is 6.58 Å². The molecule has 22 heavy (non-hydrogen) atoms. The van der Waals surface area contributed by atoms with Crippen LogP contribution in [0.1, 0.15) is 31.2 Å². The summed E-state index contributed by atoms with van der Waals surface area (Å²) in [6, 6.07) is 10.1. The summed E-state index contributed by atoms with van der Waals surface area (Å²) in [6.07, 6.45) is 4.44. The van der Waals surface area contributed by atoms with Gasteiger partial charge in [0.05, 0.1) is 38.4 Å². The first-order valence-corrected chi connectivity index (χ1v) is 7.70. The van der Waals surface area contributed by atoms with E-state index in [1.165, 1.54) is 7.11 Å². The molecule has 0 aromatic heterocycles. The first kappa shape index (κ1) is 16.7. The molecular formula is C18H24O4. The van der Waals surface area contributed by atoms with Gasteiger partial charge in [0.1, 0.15) is 0 Å². The lowest BCUT2D eigenvalue weighted by Crippen LogP contribution is -2.38. The highest BCUT2D eigenvalue weighted by Gasteiger charge is 2.31. The molecule has 0 unspecified atom stereocenters. The van der Waals surface area contributed by atoms with Crippen molar-refractivity contribution in [1.29, 1.82) is 0 Å². The van der Waals surface area contributed by atoms with Crippen molar-refractivity contribution in [3.8, 4) is 0 Å². The zero-order valence-electron chi connectivity index (χ0n) is 13.1. The van der Waals surface area contributed by atoms with Crippen molar-refractivity contribution in [3.05, 3.63) is 48.6 Å². The van der Waals surface area contributed by atoms with Crippen LogP contribution in [0.4, 0.5) is 0 Å². The fourth-order valence-electron chi connectivity index (χ4n) is 2.73. The summed E-state index contributed by atoms with van der Waals surface area (Å²) < 4.78 is 16.7. The summed E-state index contributed by atoms with van der Waals surface area (Å²) in [5.74, 6) is -0.244. The highest BCUT2D eigenvalue weighted by atomic mass is 16.5. The Morgan fingerprint density at radius 3 is 2.73 bits per heavy atom. The van der Waals surface area contributed by atoms with Crippen molar-refractivity contribution >= 4 is 5.97 Å². The Kier molecular flexibility index (Phi) is 6.62. The highest BCUT2D eigenvalue weighted by Crippen LogP contribution is 2.27. The number of carbonyl (C=O) groups is 1. The van der Waals surface area contributed by atoms with Crippen LogP contribution in [0.2, 0.25) is 0 Å². The van der Waals surface area contributed by atoms with Gasteiger partial charge in [-0.3, -0.25) is 4.79 Å². The molecule has 4 heteroatoms. The first-order chi connectivity index (χ1) is 10.7. The van der Waals surface area contributed by atoms with Gasteiger partial charge in [-0.2, -0.15) is 0 Å². The molecule has 0 saturated carbocycles. The Morgan fingerprint density at radius 1 is 1.32 bits per heavy atom. The van der Waals surface area contributed by atoms with Crippen LogP contribution in [0.3, 0.4) is 0 Å². The maximum atomic E-state index is 11.5. The first-order valence-electron chi connectivity index (χ1n) is 7.70. The van der Waals surface area contributed by atoms with Crippen LogP contribution < -0.4 is 0 Å². The van der Waals surface area contributed by atoms with Crippen LogP contribution in [0.15, 0.2) is 43.0 Å². The molecule has 0 spiro atoms. The van der Waals surface area contributed by atoms with Gasteiger partial charge < -0.3 is 14.2 Å². The quantitative estimate of drug-likeness (QED) is 0.573. The Labute approximate surface area is 132 Å². The summed E-state index contributed by atoms with van der Waals surface area (Å²) in [7, 11) is 1.40. The molecule has 1 fully saturated rings. The number of carbonyl (C=O) groups excluding carboxylic acids is 1. The molecule has 0 amide bonds. The number of methoxy groups -OCH3 is 1. The normalized spacial score (nSPS) is 24.7. The third kappa shape index (κ3) is 5.28. The van der Waals surface area contributed by atoms with Crippen LogP contribution in [0.25, 0.3) is 0 Å². The van der Waals surface area contributed by atoms with Crippen LogP contribution in [0, 0.1) is 0 Å². The Hall–Kier alpha value is -1.65. The van der Waals surface area contributed by atoms with Crippen LogP contribution >= 0.6 is 0 Å². The van der Waals surface area contributed by atoms with Gasteiger partial charge in [-0.15, -0.1) is 6.58 Å². The van der Waals surface area contributed by atoms with E-state index < -0.39 is 0 Å². The van der Waals surface area contributed by atoms with Gasteiger partial charge >= 0.3 is 5.97 Å². The molecule has 1 saturated heterocycles. The number of hydrogen-bond donors (Lipinski definition) is 0. The summed E-state index contributed by atoms with van der Waals surface area (Å²) in [5, 5.41) is 0. The van der Waals surface area contributed by atoms with Gasteiger partial charge in [0, 0.05) is 12.8 Å². The van der Waals surface area contributed by atoms with E-state index in [1.54, 1.807) is 0 Å². The SMILES string of the molecule is C=CC[C@@H]1C[C@H](OCc2ccccc2)C[C@H](CC(=O)OC)O1. The molecule has 120 valence electrons. The maximum absolute atomic E-state index is 11.5. The molecule has 1 aliphatic rings. The molecular weight excluding hydrogens is 280 g/mol. The summed E-state index contributed by atoms with van der Waals surface area (Å²) in [5.41, 5.74) is 1.15.